The van der Waals surface area contributed by atoms with Gasteiger partial charge in [0.2, 0.25) is 5.88 Å². The van der Waals surface area contributed by atoms with Gasteiger partial charge in [0, 0.05) is 6.07 Å². The fraction of sp³-hybridized carbons (Fsp3) is 0.417. The minimum absolute atomic E-state index is 0.0678. The Labute approximate surface area is 106 Å². The van der Waals surface area contributed by atoms with Gasteiger partial charge in [-0.05, 0) is 27.7 Å². The monoisotopic (exact) mass is 247 g/mol. The Hall–Kier alpha value is -2.11. The topological polar surface area (TPSA) is 78.8 Å². The number of nitrogens with two attached hydrogens (primary N) is 1. The van der Waals surface area contributed by atoms with Gasteiger partial charge in [-0.2, -0.15) is 5.10 Å². The molecule has 0 amide bonds. The van der Waals surface area contributed by atoms with E-state index in [0.717, 1.165) is 11.4 Å². The number of aromatic nitrogens is 4. The molecule has 0 saturated carbocycles. The van der Waals surface area contributed by atoms with Gasteiger partial charge in [-0.1, -0.05) is 0 Å². The molecule has 18 heavy (non-hydrogen) atoms. The Balaban J connectivity index is 2.41. The van der Waals surface area contributed by atoms with Crippen LogP contribution in [0, 0.1) is 13.8 Å². The van der Waals surface area contributed by atoms with Gasteiger partial charge in [0.05, 0.1) is 23.2 Å². The van der Waals surface area contributed by atoms with Crippen molar-refractivity contribution in [1.82, 2.24) is 19.7 Å². The Morgan fingerprint density at radius 1 is 1.28 bits per heavy atom. The zero-order valence-corrected chi connectivity index (χ0v) is 11.0. The van der Waals surface area contributed by atoms with Crippen molar-refractivity contribution in [2.75, 3.05) is 5.73 Å². The van der Waals surface area contributed by atoms with E-state index >= 15 is 0 Å². The molecule has 96 valence electrons. The summed E-state index contributed by atoms with van der Waals surface area (Å²) in [7, 11) is 0. The van der Waals surface area contributed by atoms with Crippen molar-refractivity contribution in [3.8, 4) is 11.7 Å². The lowest BCUT2D eigenvalue weighted by Crippen LogP contribution is -2.09. The molecule has 2 N–H and O–H groups in total. The minimum atomic E-state index is 0.0678. The van der Waals surface area contributed by atoms with Crippen LogP contribution < -0.4 is 10.5 Å². The first kappa shape index (κ1) is 12.3. The van der Waals surface area contributed by atoms with Crippen LogP contribution in [0.1, 0.15) is 25.2 Å². The Kier molecular flexibility index (Phi) is 3.18. The molecule has 2 rings (SSSR count). The normalized spacial score (nSPS) is 10.9. The largest absolute Gasteiger partial charge is 0.475 e. The smallest absolute Gasteiger partial charge is 0.218 e. The number of aryl methyl sites for hydroxylation is 1. The predicted molar refractivity (Wildman–Crippen MR) is 68.8 cm³/mol. The lowest BCUT2D eigenvalue weighted by atomic mass is 10.3. The summed E-state index contributed by atoms with van der Waals surface area (Å²) >= 11 is 0. The second kappa shape index (κ2) is 4.64. The van der Waals surface area contributed by atoms with Crippen molar-refractivity contribution in [3.63, 3.8) is 0 Å². The van der Waals surface area contributed by atoms with Gasteiger partial charge in [-0.15, -0.1) is 0 Å². The van der Waals surface area contributed by atoms with Gasteiger partial charge in [0.25, 0.3) is 0 Å². The van der Waals surface area contributed by atoms with Crippen LogP contribution in [0.3, 0.4) is 0 Å². The van der Waals surface area contributed by atoms with Crippen LogP contribution in [0.25, 0.3) is 5.82 Å². The molecule has 0 radical (unpaired) electrons. The number of nitrogen functional groups attached to an aromatic ring is 1. The van der Waals surface area contributed by atoms with E-state index in [4.69, 9.17) is 10.5 Å². The summed E-state index contributed by atoms with van der Waals surface area (Å²) in [5, 5.41) is 4.35. The van der Waals surface area contributed by atoms with Gasteiger partial charge >= 0.3 is 0 Å². The average molecular weight is 247 g/mol. The van der Waals surface area contributed by atoms with Crippen LogP contribution in [0.15, 0.2) is 12.4 Å². The quantitative estimate of drug-likeness (QED) is 0.892. The average Bonchev–Trinajstić information content (AvgIpc) is 2.56. The molecule has 0 bridgehead atoms. The molecule has 6 nitrogen and oxygen atoms in total. The molecular weight excluding hydrogens is 230 g/mol. The van der Waals surface area contributed by atoms with Crippen LogP contribution in [0.2, 0.25) is 0 Å². The molecule has 0 spiro atoms. The summed E-state index contributed by atoms with van der Waals surface area (Å²) < 4.78 is 7.22. The first-order valence-electron chi connectivity index (χ1n) is 5.79. The number of nitrogens with zero attached hydrogens (tertiary/aromatic N) is 4. The SMILES string of the molecule is Cc1nn(-c2cc(OC(C)C)ncn2)c(C)c1N. The summed E-state index contributed by atoms with van der Waals surface area (Å²) in [6.45, 7) is 7.66. The summed E-state index contributed by atoms with van der Waals surface area (Å²) in [4.78, 5) is 8.24. The zero-order valence-electron chi connectivity index (χ0n) is 11.0. The van der Waals surface area contributed by atoms with E-state index in [0.29, 0.717) is 17.4 Å². The lowest BCUT2D eigenvalue weighted by molar-refractivity contribution is 0.232. The van der Waals surface area contributed by atoms with Gasteiger partial charge in [0.1, 0.15) is 6.33 Å². The molecule has 0 saturated heterocycles. The fourth-order valence-corrected chi connectivity index (χ4v) is 1.63. The second-order valence-corrected chi connectivity index (χ2v) is 4.38. The second-order valence-electron chi connectivity index (χ2n) is 4.38. The molecule has 0 aliphatic carbocycles. The molecule has 0 aromatic carbocycles. The highest BCUT2D eigenvalue weighted by Gasteiger charge is 2.12. The number of hydrogen-bond donors (Lipinski definition) is 1. The van der Waals surface area contributed by atoms with Crippen LogP contribution in [-0.4, -0.2) is 25.9 Å². The summed E-state index contributed by atoms with van der Waals surface area (Å²) in [5.41, 5.74) is 8.23. The number of rotatable bonds is 3. The first-order valence-corrected chi connectivity index (χ1v) is 5.79. The Morgan fingerprint density at radius 3 is 2.56 bits per heavy atom. The van der Waals surface area contributed by atoms with E-state index in [9.17, 15) is 0 Å². The van der Waals surface area contributed by atoms with Crippen LogP contribution in [0.4, 0.5) is 5.69 Å². The van der Waals surface area contributed by atoms with Crippen LogP contribution in [0.5, 0.6) is 5.88 Å². The Morgan fingerprint density at radius 2 is 2.00 bits per heavy atom. The molecule has 0 atom stereocenters. The minimum Gasteiger partial charge on any atom is -0.475 e. The molecule has 0 fully saturated rings. The van der Waals surface area contributed by atoms with Gasteiger partial charge in [-0.3, -0.25) is 0 Å². The maximum Gasteiger partial charge on any atom is 0.218 e. The molecule has 0 unspecified atom stereocenters. The highest BCUT2D eigenvalue weighted by atomic mass is 16.5. The van der Waals surface area contributed by atoms with E-state index < -0.39 is 0 Å². The van der Waals surface area contributed by atoms with Crippen molar-refractivity contribution >= 4 is 5.69 Å². The van der Waals surface area contributed by atoms with Crippen LogP contribution in [-0.2, 0) is 0 Å². The maximum atomic E-state index is 5.90. The molecule has 0 aliphatic heterocycles. The van der Waals surface area contributed by atoms with Gasteiger partial charge in [0.15, 0.2) is 5.82 Å². The van der Waals surface area contributed by atoms with Crippen molar-refractivity contribution in [1.29, 1.82) is 0 Å². The van der Waals surface area contributed by atoms with E-state index in [1.807, 2.05) is 27.7 Å². The molecule has 2 aromatic rings. The highest BCUT2D eigenvalue weighted by Crippen LogP contribution is 2.19. The highest BCUT2D eigenvalue weighted by molar-refractivity contribution is 5.49. The zero-order chi connectivity index (χ0) is 13.3. The third-order valence-electron chi connectivity index (χ3n) is 2.55. The van der Waals surface area contributed by atoms with E-state index in [2.05, 4.69) is 15.1 Å². The number of ether oxygens (including phenoxy) is 1. The van der Waals surface area contributed by atoms with Crippen molar-refractivity contribution in [3.05, 3.63) is 23.8 Å². The third kappa shape index (κ3) is 2.27. The summed E-state index contributed by atoms with van der Waals surface area (Å²) in [5.74, 6) is 1.18. The van der Waals surface area contributed by atoms with Crippen molar-refractivity contribution < 1.29 is 4.74 Å². The molecule has 2 aromatic heterocycles. The van der Waals surface area contributed by atoms with E-state index in [-0.39, 0.29) is 6.10 Å². The van der Waals surface area contributed by atoms with E-state index in [1.165, 1.54) is 6.33 Å². The number of anilines is 1. The van der Waals surface area contributed by atoms with Gasteiger partial charge in [-0.25, -0.2) is 14.6 Å². The molecule has 2 heterocycles. The summed E-state index contributed by atoms with van der Waals surface area (Å²) in [6.07, 6.45) is 1.53. The van der Waals surface area contributed by atoms with Crippen molar-refractivity contribution in [2.45, 2.75) is 33.8 Å². The third-order valence-corrected chi connectivity index (χ3v) is 2.55. The van der Waals surface area contributed by atoms with Crippen LogP contribution >= 0.6 is 0 Å². The molecular formula is C12H17N5O. The summed E-state index contributed by atoms with van der Waals surface area (Å²) in [6, 6.07) is 1.75. The van der Waals surface area contributed by atoms with E-state index in [1.54, 1.807) is 10.7 Å². The molecule has 0 aliphatic rings. The predicted octanol–water partition coefficient (Wildman–Crippen LogP) is 1.65. The Bertz CT molecular complexity index is 562. The van der Waals surface area contributed by atoms with Gasteiger partial charge < -0.3 is 10.5 Å². The fourth-order valence-electron chi connectivity index (χ4n) is 1.63. The first-order chi connectivity index (χ1) is 8.49. The van der Waals surface area contributed by atoms with Crippen molar-refractivity contribution in [2.24, 2.45) is 0 Å². The molecule has 6 heteroatoms. The lowest BCUT2D eigenvalue weighted by Gasteiger charge is -2.09. The number of hydrogen-bond acceptors (Lipinski definition) is 5. The maximum absolute atomic E-state index is 5.90. The standard InChI is InChI=1S/C12H17N5O/c1-7(2)18-11-5-10(14-6-15-11)17-9(4)12(13)8(3)16-17/h5-7H,13H2,1-4H3.